The van der Waals surface area contributed by atoms with Crippen molar-refractivity contribution < 1.29 is 22.8 Å². The fourth-order valence-corrected chi connectivity index (χ4v) is 5.78. The van der Waals surface area contributed by atoms with Gasteiger partial charge in [-0.15, -0.1) is 0 Å². The summed E-state index contributed by atoms with van der Waals surface area (Å²) in [7, 11) is -1.95. The van der Waals surface area contributed by atoms with Crippen molar-refractivity contribution in [2.45, 2.75) is 50.1 Å². The second kappa shape index (κ2) is 8.80. The minimum atomic E-state index is -3.51. The average Bonchev–Trinajstić information content (AvgIpc) is 2.68. The highest BCUT2D eigenvalue weighted by Gasteiger charge is 2.34. The zero-order valence-corrected chi connectivity index (χ0v) is 17.9. The molecule has 0 aromatic heterocycles. The van der Waals surface area contributed by atoms with Crippen LogP contribution in [-0.4, -0.2) is 75.4 Å². The Morgan fingerprint density at radius 3 is 2.21 bits per heavy atom. The Kier molecular flexibility index (Phi) is 6.62. The van der Waals surface area contributed by atoms with Crippen LogP contribution in [0.1, 0.15) is 33.1 Å². The molecule has 0 aliphatic carbocycles. The lowest BCUT2D eigenvalue weighted by Gasteiger charge is -2.40. The molecule has 0 saturated carbocycles. The van der Waals surface area contributed by atoms with Crippen molar-refractivity contribution in [1.82, 2.24) is 9.21 Å². The standard InChI is InChI=1S/C20H31N3O4S/c1-16-5-4-6-17(2)23(16)20(24)15-21-11-13-22(14-12-21)28(25,26)19-9-7-18(27-3)8-10-19/h7-10,16-17H,4-6,11-15H2,1-3H3/p+1/t16-,17-/m1/s1. The van der Waals surface area contributed by atoms with Crippen molar-refractivity contribution in [3.8, 4) is 5.75 Å². The molecule has 0 unspecified atom stereocenters. The number of nitrogens with zero attached hydrogens (tertiary/aromatic N) is 2. The molecule has 2 fully saturated rings. The predicted octanol–water partition coefficient (Wildman–Crippen LogP) is 0.374. The Bertz CT molecular complexity index is 763. The van der Waals surface area contributed by atoms with E-state index in [0.29, 0.717) is 50.6 Å². The van der Waals surface area contributed by atoms with E-state index in [1.807, 2.05) is 4.90 Å². The molecule has 0 spiro atoms. The number of quaternary nitrogens is 1. The number of sulfonamides is 1. The Morgan fingerprint density at radius 1 is 1.11 bits per heavy atom. The molecule has 156 valence electrons. The van der Waals surface area contributed by atoms with Crippen LogP contribution in [0.2, 0.25) is 0 Å². The number of carbonyl (C=O) groups excluding carboxylic acids is 1. The molecule has 7 nitrogen and oxygen atoms in total. The van der Waals surface area contributed by atoms with Crippen molar-refractivity contribution >= 4 is 15.9 Å². The molecule has 1 N–H and O–H groups in total. The number of rotatable bonds is 5. The molecule has 0 bridgehead atoms. The van der Waals surface area contributed by atoms with Crippen molar-refractivity contribution in [2.24, 2.45) is 0 Å². The molecular weight excluding hydrogens is 378 g/mol. The molecule has 1 aromatic carbocycles. The number of ether oxygens (including phenoxy) is 1. The highest BCUT2D eigenvalue weighted by atomic mass is 32.2. The first-order valence-corrected chi connectivity index (χ1v) is 11.6. The van der Waals surface area contributed by atoms with E-state index in [2.05, 4.69) is 13.8 Å². The van der Waals surface area contributed by atoms with Gasteiger partial charge < -0.3 is 14.5 Å². The normalized spacial score (nSPS) is 24.9. The molecule has 3 rings (SSSR count). The first-order chi connectivity index (χ1) is 13.3. The summed E-state index contributed by atoms with van der Waals surface area (Å²) in [6.45, 7) is 6.87. The molecule has 2 atom stereocenters. The third kappa shape index (κ3) is 4.50. The fourth-order valence-electron chi connectivity index (χ4n) is 4.33. The maximum atomic E-state index is 12.8. The van der Waals surface area contributed by atoms with Gasteiger partial charge in [-0.3, -0.25) is 4.79 Å². The van der Waals surface area contributed by atoms with E-state index in [0.717, 1.165) is 17.7 Å². The number of benzene rings is 1. The Morgan fingerprint density at radius 2 is 1.68 bits per heavy atom. The van der Waals surface area contributed by atoms with Gasteiger partial charge in [0.1, 0.15) is 5.75 Å². The molecule has 1 amide bonds. The number of carbonyl (C=O) groups is 1. The molecule has 28 heavy (non-hydrogen) atoms. The number of piperazine rings is 1. The van der Waals surface area contributed by atoms with Gasteiger partial charge in [0, 0.05) is 12.1 Å². The monoisotopic (exact) mass is 410 g/mol. The van der Waals surface area contributed by atoms with Crippen LogP contribution in [0.4, 0.5) is 0 Å². The zero-order chi connectivity index (χ0) is 20.3. The summed E-state index contributed by atoms with van der Waals surface area (Å²) in [6.07, 6.45) is 3.32. The van der Waals surface area contributed by atoms with Gasteiger partial charge in [-0.05, 0) is 57.4 Å². The van der Waals surface area contributed by atoms with Crippen molar-refractivity contribution in [3.05, 3.63) is 24.3 Å². The molecule has 2 heterocycles. The largest absolute Gasteiger partial charge is 0.497 e. The topological polar surface area (TPSA) is 71.4 Å². The maximum Gasteiger partial charge on any atom is 0.278 e. The van der Waals surface area contributed by atoms with Gasteiger partial charge in [0.05, 0.1) is 38.2 Å². The van der Waals surface area contributed by atoms with Crippen LogP contribution < -0.4 is 9.64 Å². The van der Waals surface area contributed by atoms with E-state index in [4.69, 9.17) is 4.74 Å². The lowest BCUT2D eigenvalue weighted by atomic mass is 9.97. The SMILES string of the molecule is COc1ccc(S(=O)(=O)N2CC[NH+](CC(=O)N3[C@H](C)CCC[C@H]3C)CC2)cc1. The molecule has 2 aliphatic rings. The molecule has 8 heteroatoms. The first kappa shape index (κ1) is 21.1. The van der Waals surface area contributed by atoms with E-state index in [1.54, 1.807) is 31.4 Å². The summed E-state index contributed by atoms with van der Waals surface area (Å²) in [5, 5.41) is 0. The second-order valence-corrected chi connectivity index (χ2v) is 9.87. The first-order valence-electron chi connectivity index (χ1n) is 10.1. The third-order valence-electron chi connectivity index (χ3n) is 6.01. The van der Waals surface area contributed by atoms with E-state index in [9.17, 15) is 13.2 Å². The lowest BCUT2D eigenvalue weighted by molar-refractivity contribution is -0.896. The number of piperidine rings is 1. The van der Waals surface area contributed by atoms with Crippen LogP contribution in [0.3, 0.4) is 0 Å². The van der Waals surface area contributed by atoms with Gasteiger partial charge in [0.25, 0.3) is 5.91 Å². The summed E-state index contributed by atoms with van der Waals surface area (Å²) in [5.41, 5.74) is 0. The molecule has 2 aliphatic heterocycles. The van der Waals surface area contributed by atoms with Gasteiger partial charge in [0.15, 0.2) is 6.54 Å². The summed E-state index contributed by atoms with van der Waals surface area (Å²) in [6, 6.07) is 7.08. The Balaban J connectivity index is 1.57. The van der Waals surface area contributed by atoms with E-state index in [-0.39, 0.29) is 10.8 Å². The second-order valence-electron chi connectivity index (χ2n) is 7.94. The third-order valence-corrected chi connectivity index (χ3v) is 7.92. The minimum Gasteiger partial charge on any atom is -0.497 e. The fraction of sp³-hybridized carbons (Fsp3) is 0.650. The van der Waals surface area contributed by atoms with Crippen LogP contribution in [0.15, 0.2) is 29.2 Å². The summed E-state index contributed by atoms with van der Waals surface area (Å²) in [4.78, 5) is 16.3. The van der Waals surface area contributed by atoms with Crippen LogP contribution in [-0.2, 0) is 14.8 Å². The average molecular weight is 411 g/mol. The van der Waals surface area contributed by atoms with E-state index in [1.165, 1.54) is 10.7 Å². The van der Waals surface area contributed by atoms with Gasteiger partial charge in [-0.2, -0.15) is 4.31 Å². The van der Waals surface area contributed by atoms with Crippen LogP contribution in [0.25, 0.3) is 0 Å². The van der Waals surface area contributed by atoms with Gasteiger partial charge in [0.2, 0.25) is 10.0 Å². The highest BCUT2D eigenvalue weighted by Crippen LogP contribution is 2.22. The van der Waals surface area contributed by atoms with Crippen molar-refractivity contribution in [2.75, 3.05) is 39.8 Å². The van der Waals surface area contributed by atoms with Gasteiger partial charge in [-0.25, -0.2) is 8.42 Å². The van der Waals surface area contributed by atoms with Gasteiger partial charge >= 0.3 is 0 Å². The zero-order valence-electron chi connectivity index (χ0n) is 17.1. The Hall–Kier alpha value is -1.64. The highest BCUT2D eigenvalue weighted by molar-refractivity contribution is 7.89. The number of nitrogens with one attached hydrogen (secondary N) is 1. The Labute approximate surface area is 168 Å². The van der Waals surface area contributed by atoms with Crippen LogP contribution in [0.5, 0.6) is 5.75 Å². The summed E-state index contributed by atoms with van der Waals surface area (Å²) < 4.78 is 32.3. The lowest BCUT2D eigenvalue weighted by Crippen LogP contribution is -3.15. The number of methoxy groups -OCH3 is 1. The van der Waals surface area contributed by atoms with Crippen LogP contribution >= 0.6 is 0 Å². The number of hydrogen-bond acceptors (Lipinski definition) is 4. The van der Waals surface area contributed by atoms with Gasteiger partial charge in [-0.1, -0.05) is 0 Å². The number of likely N-dealkylation sites (tertiary alicyclic amines) is 1. The van der Waals surface area contributed by atoms with E-state index >= 15 is 0 Å². The summed E-state index contributed by atoms with van der Waals surface area (Å²) >= 11 is 0. The van der Waals surface area contributed by atoms with Crippen molar-refractivity contribution in [1.29, 1.82) is 0 Å². The summed E-state index contributed by atoms with van der Waals surface area (Å²) in [5.74, 6) is 0.828. The molecule has 1 aromatic rings. The van der Waals surface area contributed by atoms with Crippen molar-refractivity contribution in [3.63, 3.8) is 0 Å². The number of amides is 1. The van der Waals surface area contributed by atoms with E-state index < -0.39 is 10.0 Å². The maximum absolute atomic E-state index is 12.8. The quantitative estimate of drug-likeness (QED) is 0.762. The molecule has 0 radical (unpaired) electrons. The minimum absolute atomic E-state index is 0.196. The van der Waals surface area contributed by atoms with Crippen LogP contribution in [0, 0.1) is 0 Å². The number of hydrogen-bond donors (Lipinski definition) is 1. The smallest absolute Gasteiger partial charge is 0.278 e. The molecular formula is C20H32N3O4S+. The molecule has 2 saturated heterocycles. The predicted molar refractivity (Wildman–Crippen MR) is 107 cm³/mol.